The van der Waals surface area contributed by atoms with Crippen LogP contribution in [0.2, 0.25) is 5.02 Å². The molecule has 0 bridgehead atoms. The van der Waals surface area contributed by atoms with E-state index in [9.17, 15) is 8.42 Å². The minimum Gasteiger partial charge on any atom is -0.381 e. The number of hydrogen-bond acceptors (Lipinski definition) is 4. The summed E-state index contributed by atoms with van der Waals surface area (Å²) in [7, 11) is -3.00. The molecule has 1 aromatic rings. The first-order valence-electron chi connectivity index (χ1n) is 6.55. The lowest BCUT2D eigenvalue weighted by atomic mass is 9.94. The third kappa shape index (κ3) is 3.65. The minimum atomic E-state index is -3.00. The number of nitrogens with zero attached hydrogens (tertiary/aromatic N) is 1. The quantitative estimate of drug-likeness (QED) is 0.931. The molecule has 2 rings (SSSR count). The van der Waals surface area contributed by atoms with Gasteiger partial charge < -0.3 is 5.32 Å². The highest BCUT2D eigenvalue weighted by molar-refractivity contribution is 7.91. The van der Waals surface area contributed by atoms with Crippen LogP contribution in [0.15, 0.2) is 18.2 Å². The Morgan fingerprint density at radius 2 is 2.15 bits per heavy atom. The maximum Gasteiger partial charge on any atom is 0.150 e. The third-order valence-electron chi connectivity index (χ3n) is 3.69. The van der Waals surface area contributed by atoms with Crippen molar-refractivity contribution in [2.75, 3.05) is 11.6 Å². The lowest BCUT2D eigenvalue weighted by molar-refractivity contribution is 0.453. The van der Waals surface area contributed by atoms with Crippen molar-refractivity contribution in [2.45, 2.75) is 37.0 Å². The first-order chi connectivity index (χ1) is 9.40. The molecule has 1 aliphatic carbocycles. The van der Waals surface area contributed by atoms with E-state index < -0.39 is 9.84 Å². The van der Waals surface area contributed by atoms with Gasteiger partial charge in [0.15, 0.2) is 0 Å². The average Bonchev–Trinajstić information content (AvgIpc) is 2.41. The summed E-state index contributed by atoms with van der Waals surface area (Å²) in [5.74, 6) is 0. The van der Waals surface area contributed by atoms with Gasteiger partial charge in [0.25, 0.3) is 0 Å². The van der Waals surface area contributed by atoms with Crippen molar-refractivity contribution in [3.63, 3.8) is 0 Å². The van der Waals surface area contributed by atoms with Crippen molar-refractivity contribution in [3.8, 4) is 6.07 Å². The molecule has 2 unspecified atom stereocenters. The number of rotatable bonds is 3. The summed E-state index contributed by atoms with van der Waals surface area (Å²) in [5, 5.41) is 12.4. The Morgan fingerprint density at radius 3 is 2.80 bits per heavy atom. The van der Waals surface area contributed by atoms with E-state index in [0.29, 0.717) is 22.7 Å². The molecule has 1 saturated carbocycles. The van der Waals surface area contributed by atoms with Gasteiger partial charge in [0, 0.05) is 12.3 Å². The van der Waals surface area contributed by atoms with Gasteiger partial charge in [0.1, 0.15) is 9.84 Å². The van der Waals surface area contributed by atoms with Crippen molar-refractivity contribution in [1.82, 2.24) is 0 Å². The monoisotopic (exact) mass is 312 g/mol. The lowest BCUT2D eigenvalue weighted by Crippen LogP contribution is -2.34. The van der Waals surface area contributed by atoms with Gasteiger partial charge in [-0.1, -0.05) is 18.0 Å². The van der Waals surface area contributed by atoms with Crippen LogP contribution in [0.5, 0.6) is 0 Å². The maximum atomic E-state index is 11.7. The molecule has 1 N–H and O–H groups in total. The summed E-state index contributed by atoms with van der Waals surface area (Å²) in [6, 6.07) is 7.19. The maximum absolute atomic E-state index is 11.7. The first kappa shape index (κ1) is 15.1. The molecule has 0 heterocycles. The minimum absolute atomic E-state index is 0.0786. The van der Waals surface area contributed by atoms with Gasteiger partial charge in [0.2, 0.25) is 0 Å². The average molecular weight is 313 g/mol. The van der Waals surface area contributed by atoms with E-state index >= 15 is 0 Å². The highest BCUT2D eigenvalue weighted by atomic mass is 35.5. The van der Waals surface area contributed by atoms with E-state index in [-0.39, 0.29) is 11.3 Å². The van der Waals surface area contributed by atoms with E-state index in [1.165, 1.54) is 6.26 Å². The van der Waals surface area contributed by atoms with Gasteiger partial charge in [-0.3, -0.25) is 0 Å². The van der Waals surface area contributed by atoms with Crippen LogP contribution in [0.25, 0.3) is 0 Å². The van der Waals surface area contributed by atoms with E-state index in [2.05, 4.69) is 11.4 Å². The van der Waals surface area contributed by atoms with Crippen molar-refractivity contribution < 1.29 is 8.42 Å². The molecular formula is C14H17ClN2O2S. The second kappa shape index (κ2) is 6.02. The van der Waals surface area contributed by atoms with Gasteiger partial charge in [-0.25, -0.2) is 8.42 Å². The molecule has 1 fully saturated rings. The van der Waals surface area contributed by atoms with Crippen LogP contribution in [0.4, 0.5) is 5.69 Å². The number of sulfone groups is 1. The molecule has 1 aromatic carbocycles. The topological polar surface area (TPSA) is 70.0 Å². The van der Waals surface area contributed by atoms with Crippen molar-refractivity contribution in [3.05, 3.63) is 28.8 Å². The Labute approximate surface area is 124 Å². The summed E-state index contributed by atoms with van der Waals surface area (Å²) < 4.78 is 23.3. The van der Waals surface area contributed by atoms with Crippen LogP contribution in [-0.4, -0.2) is 26.0 Å². The van der Waals surface area contributed by atoms with Crippen LogP contribution in [0.3, 0.4) is 0 Å². The predicted molar refractivity (Wildman–Crippen MR) is 80.7 cm³/mol. The van der Waals surface area contributed by atoms with Crippen LogP contribution in [0, 0.1) is 11.3 Å². The van der Waals surface area contributed by atoms with E-state index in [0.717, 1.165) is 19.3 Å². The Bertz CT molecular complexity index is 637. The molecule has 1 aliphatic rings. The van der Waals surface area contributed by atoms with Crippen LogP contribution in [-0.2, 0) is 9.84 Å². The SMILES string of the molecule is CS(=O)(=O)C1CCCC(Nc2cc(C#N)ccc2Cl)C1. The Kier molecular flexibility index (Phi) is 4.56. The molecule has 0 saturated heterocycles. The molecular weight excluding hydrogens is 296 g/mol. The number of benzene rings is 1. The van der Waals surface area contributed by atoms with Gasteiger partial charge >= 0.3 is 0 Å². The first-order valence-corrected chi connectivity index (χ1v) is 8.88. The summed E-state index contributed by atoms with van der Waals surface area (Å²) in [5.41, 5.74) is 1.23. The molecule has 20 heavy (non-hydrogen) atoms. The lowest BCUT2D eigenvalue weighted by Gasteiger charge is -2.29. The predicted octanol–water partition coefficient (Wildman–Crippen LogP) is 2.98. The van der Waals surface area contributed by atoms with Crippen molar-refractivity contribution in [1.29, 1.82) is 5.26 Å². The number of anilines is 1. The fourth-order valence-corrected chi connectivity index (χ4v) is 3.94. The Hall–Kier alpha value is -1.25. The molecule has 6 heteroatoms. The van der Waals surface area contributed by atoms with Gasteiger partial charge in [0.05, 0.1) is 27.6 Å². The smallest absolute Gasteiger partial charge is 0.150 e. The summed E-state index contributed by atoms with van der Waals surface area (Å²) in [4.78, 5) is 0. The largest absolute Gasteiger partial charge is 0.381 e. The summed E-state index contributed by atoms with van der Waals surface area (Å²) >= 11 is 6.11. The third-order valence-corrected chi connectivity index (χ3v) is 5.66. The summed E-state index contributed by atoms with van der Waals surface area (Å²) in [6.07, 6.45) is 4.41. The van der Waals surface area contributed by atoms with Gasteiger partial charge in [-0.2, -0.15) is 5.26 Å². The van der Waals surface area contributed by atoms with Crippen LogP contribution < -0.4 is 5.32 Å². The highest BCUT2D eigenvalue weighted by Crippen LogP contribution is 2.29. The standard InChI is InChI=1S/C14H17ClN2O2S/c1-20(18,19)12-4-2-3-11(8-12)17-14-7-10(9-16)5-6-13(14)15/h5-7,11-12,17H,2-4,8H2,1H3. The zero-order valence-corrected chi connectivity index (χ0v) is 12.8. The number of nitrogens with one attached hydrogen (secondary N) is 1. The number of halogens is 1. The van der Waals surface area contributed by atoms with E-state index in [1.54, 1.807) is 18.2 Å². The molecule has 108 valence electrons. The molecule has 0 spiro atoms. The second-order valence-corrected chi connectivity index (χ2v) is 8.00. The van der Waals surface area contributed by atoms with Crippen molar-refractivity contribution >= 4 is 27.1 Å². The molecule has 4 nitrogen and oxygen atoms in total. The van der Waals surface area contributed by atoms with E-state index in [1.807, 2.05) is 0 Å². The zero-order valence-electron chi connectivity index (χ0n) is 11.3. The molecule has 0 radical (unpaired) electrons. The van der Waals surface area contributed by atoms with E-state index in [4.69, 9.17) is 16.9 Å². The second-order valence-electron chi connectivity index (χ2n) is 5.27. The Balaban J connectivity index is 2.12. The highest BCUT2D eigenvalue weighted by Gasteiger charge is 2.29. The summed E-state index contributed by atoms with van der Waals surface area (Å²) in [6.45, 7) is 0. The molecule has 2 atom stereocenters. The normalized spacial score (nSPS) is 23.1. The number of nitriles is 1. The van der Waals surface area contributed by atoms with Crippen LogP contribution in [0.1, 0.15) is 31.2 Å². The Morgan fingerprint density at radius 1 is 1.40 bits per heavy atom. The van der Waals surface area contributed by atoms with Gasteiger partial charge in [-0.05, 0) is 37.5 Å². The molecule has 0 aliphatic heterocycles. The zero-order chi connectivity index (χ0) is 14.8. The molecule has 0 amide bonds. The fourth-order valence-electron chi connectivity index (χ4n) is 2.59. The van der Waals surface area contributed by atoms with Crippen molar-refractivity contribution in [2.24, 2.45) is 0 Å². The molecule has 0 aromatic heterocycles. The fraction of sp³-hybridized carbons (Fsp3) is 0.500. The van der Waals surface area contributed by atoms with Crippen LogP contribution >= 0.6 is 11.6 Å². The number of hydrogen-bond donors (Lipinski definition) is 1. The van der Waals surface area contributed by atoms with Gasteiger partial charge in [-0.15, -0.1) is 0 Å².